The first-order valence-electron chi connectivity index (χ1n) is 6.81. The molecule has 2 heteroatoms. The molecule has 1 unspecified atom stereocenters. The lowest BCUT2D eigenvalue weighted by Gasteiger charge is -2.20. The Labute approximate surface area is 113 Å². The molecular formula is C17H18FN. The van der Waals surface area contributed by atoms with Gasteiger partial charge in [-0.3, -0.25) is 0 Å². The van der Waals surface area contributed by atoms with Crippen LogP contribution in [0.2, 0.25) is 0 Å². The van der Waals surface area contributed by atoms with Crippen LogP contribution >= 0.6 is 0 Å². The highest BCUT2D eigenvalue weighted by Crippen LogP contribution is 2.42. The van der Waals surface area contributed by atoms with Crippen LogP contribution in [0, 0.1) is 18.7 Å². The second-order valence-electron chi connectivity index (χ2n) is 5.33. The molecule has 3 rings (SSSR count). The molecule has 0 aromatic heterocycles. The molecule has 0 bridgehead atoms. The third-order valence-electron chi connectivity index (χ3n) is 3.73. The lowest BCUT2D eigenvalue weighted by atomic mass is 10.0. The van der Waals surface area contributed by atoms with Crippen LogP contribution in [-0.2, 0) is 0 Å². The van der Waals surface area contributed by atoms with Crippen molar-refractivity contribution in [1.82, 2.24) is 0 Å². The van der Waals surface area contributed by atoms with Crippen LogP contribution in [0.15, 0.2) is 48.5 Å². The zero-order valence-electron chi connectivity index (χ0n) is 11.1. The third kappa shape index (κ3) is 2.78. The van der Waals surface area contributed by atoms with E-state index in [1.54, 1.807) is 6.92 Å². The summed E-state index contributed by atoms with van der Waals surface area (Å²) in [6.45, 7) is 1.80. The van der Waals surface area contributed by atoms with Crippen molar-refractivity contribution in [2.24, 2.45) is 5.92 Å². The van der Waals surface area contributed by atoms with Gasteiger partial charge in [0.05, 0.1) is 6.04 Å². The van der Waals surface area contributed by atoms with E-state index < -0.39 is 0 Å². The first-order valence-corrected chi connectivity index (χ1v) is 6.81. The normalized spacial score (nSPS) is 16.1. The molecule has 1 aliphatic carbocycles. The van der Waals surface area contributed by atoms with E-state index >= 15 is 0 Å². The van der Waals surface area contributed by atoms with Crippen LogP contribution in [0.25, 0.3) is 0 Å². The molecule has 1 saturated carbocycles. The fourth-order valence-electron chi connectivity index (χ4n) is 2.48. The Bertz CT molecular complexity index is 561. The Hall–Kier alpha value is -1.83. The fraction of sp³-hybridized carbons (Fsp3) is 0.294. The molecule has 0 radical (unpaired) electrons. The van der Waals surface area contributed by atoms with E-state index in [0.717, 1.165) is 5.69 Å². The highest BCUT2D eigenvalue weighted by molar-refractivity contribution is 5.48. The first kappa shape index (κ1) is 12.2. The Balaban J connectivity index is 1.84. The summed E-state index contributed by atoms with van der Waals surface area (Å²) in [5.41, 5.74) is 3.00. The number of nitrogens with one attached hydrogen (secondary N) is 1. The van der Waals surface area contributed by atoms with Crippen molar-refractivity contribution < 1.29 is 4.39 Å². The van der Waals surface area contributed by atoms with E-state index in [9.17, 15) is 4.39 Å². The summed E-state index contributed by atoms with van der Waals surface area (Å²) in [5.74, 6) is 0.556. The number of anilines is 1. The molecule has 2 aromatic rings. The predicted octanol–water partition coefficient (Wildman–Crippen LogP) is 4.70. The van der Waals surface area contributed by atoms with Crippen molar-refractivity contribution in [3.63, 3.8) is 0 Å². The maximum atomic E-state index is 13.3. The lowest BCUT2D eigenvalue weighted by molar-refractivity contribution is 0.618. The Morgan fingerprint density at radius 2 is 1.84 bits per heavy atom. The number of benzene rings is 2. The second kappa shape index (κ2) is 5.04. The Kier molecular flexibility index (Phi) is 3.24. The molecule has 2 aromatic carbocycles. The van der Waals surface area contributed by atoms with Gasteiger partial charge in [0.25, 0.3) is 0 Å². The largest absolute Gasteiger partial charge is 0.378 e. The fourth-order valence-corrected chi connectivity index (χ4v) is 2.48. The van der Waals surface area contributed by atoms with Gasteiger partial charge in [-0.2, -0.15) is 0 Å². The van der Waals surface area contributed by atoms with Crippen LogP contribution in [0.5, 0.6) is 0 Å². The van der Waals surface area contributed by atoms with Gasteiger partial charge in [0.2, 0.25) is 0 Å². The van der Waals surface area contributed by atoms with Crippen molar-refractivity contribution in [2.75, 3.05) is 5.32 Å². The zero-order valence-corrected chi connectivity index (χ0v) is 11.1. The minimum atomic E-state index is -0.145. The van der Waals surface area contributed by atoms with Crippen LogP contribution in [-0.4, -0.2) is 0 Å². The molecule has 1 fully saturated rings. The van der Waals surface area contributed by atoms with E-state index in [4.69, 9.17) is 0 Å². The second-order valence-corrected chi connectivity index (χ2v) is 5.33. The van der Waals surface area contributed by atoms with E-state index in [2.05, 4.69) is 29.6 Å². The van der Waals surface area contributed by atoms with Crippen LogP contribution in [0.3, 0.4) is 0 Å². The van der Waals surface area contributed by atoms with Gasteiger partial charge in [0, 0.05) is 5.69 Å². The van der Waals surface area contributed by atoms with Gasteiger partial charge in [-0.1, -0.05) is 30.3 Å². The van der Waals surface area contributed by atoms with Gasteiger partial charge in [-0.15, -0.1) is 0 Å². The van der Waals surface area contributed by atoms with Gasteiger partial charge in [-0.25, -0.2) is 4.39 Å². The molecule has 1 atom stereocenters. The highest BCUT2D eigenvalue weighted by Gasteiger charge is 2.32. The van der Waals surface area contributed by atoms with Crippen LogP contribution in [0.4, 0.5) is 10.1 Å². The molecule has 1 nitrogen and oxygen atoms in total. The average Bonchev–Trinajstić information content (AvgIpc) is 3.25. The maximum Gasteiger partial charge on any atom is 0.126 e. The van der Waals surface area contributed by atoms with E-state index in [0.29, 0.717) is 17.5 Å². The van der Waals surface area contributed by atoms with Crippen molar-refractivity contribution in [3.8, 4) is 0 Å². The van der Waals surface area contributed by atoms with Gasteiger partial charge in [0.1, 0.15) is 5.82 Å². The van der Waals surface area contributed by atoms with Crippen molar-refractivity contribution in [1.29, 1.82) is 0 Å². The topological polar surface area (TPSA) is 12.0 Å². The summed E-state index contributed by atoms with van der Waals surface area (Å²) in [6.07, 6.45) is 2.54. The van der Waals surface area contributed by atoms with E-state index in [1.165, 1.54) is 24.5 Å². The monoisotopic (exact) mass is 255 g/mol. The molecule has 0 heterocycles. The number of hydrogen-bond acceptors (Lipinski definition) is 1. The van der Waals surface area contributed by atoms with Gasteiger partial charge in [-0.05, 0) is 55.0 Å². The standard InChI is InChI=1S/C17H18FN/c1-12-11-15(9-10-16(12)18)19-17(14-7-8-14)13-5-3-2-4-6-13/h2-6,9-11,14,17,19H,7-8H2,1H3. The predicted molar refractivity (Wildman–Crippen MR) is 76.7 cm³/mol. The minimum absolute atomic E-state index is 0.145. The molecule has 0 spiro atoms. The molecular weight excluding hydrogens is 237 g/mol. The molecule has 1 aliphatic rings. The Morgan fingerprint density at radius 3 is 2.47 bits per heavy atom. The number of rotatable bonds is 4. The van der Waals surface area contributed by atoms with Gasteiger partial charge >= 0.3 is 0 Å². The van der Waals surface area contributed by atoms with Crippen LogP contribution in [0.1, 0.15) is 30.0 Å². The molecule has 1 N–H and O–H groups in total. The molecule has 0 saturated heterocycles. The van der Waals surface area contributed by atoms with Crippen molar-refractivity contribution in [3.05, 3.63) is 65.5 Å². The first-order chi connectivity index (χ1) is 9.24. The number of aryl methyl sites for hydroxylation is 1. The molecule has 98 valence electrons. The average molecular weight is 255 g/mol. The zero-order chi connectivity index (χ0) is 13.2. The number of hydrogen-bond donors (Lipinski definition) is 1. The molecule has 0 amide bonds. The lowest BCUT2D eigenvalue weighted by Crippen LogP contribution is -2.13. The SMILES string of the molecule is Cc1cc(NC(c2ccccc2)C2CC2)ccc1F. The van der Waals surface area contributed by atoms with E-state index in [1.807, 2.05) is 18.2 Å². The summed E-state index contributed by atoms with van der Waals surface area (Å²) >= 11 is 0. The molecule has 0 aliphatic heterocycles. The van der Waals surface area contributed by atoms with Gasteiger partial charge in [0.15, 0.2) is 0 Å². The minimum Gasteiger partial charge on any atom is -0.378 e. The van der Waals surface area contributed by atoms with Crippen molar-refractivity contribution >= 4 is 5.69 Å². The van der Waals surface area contributed by atoms with Crippen molar-refractivity contribution in [2.45, 2.75) is 25.8 Å². The summed E-state index contributed by atoms with van der Waals surface area (Å²) in [5, 5.41) is 3.56. The highest BCUT2D eigenvalue weighted by atomic mass is 19.1. The summed E-state index contributed by atoms with van der Waals surface area (Å²) < 4.78 is 13.3. The van der Waals surface area contributed by atoms with E-state index in [-0.39, 0.29) is 5.82 Å². The van der Waals surface area contributed by atoms with Crippen LogP contribution < -0.4 is 5.32 Å². The van der Waals surface area contributed by atoms with Gasteiger partial charge < -0.3 is 5.32 Å². The quantitative estimate of drug-likeness (QED) is 0.835. The maximum absolute atomic E-state index is 13.3. The summed E-state index contributed by atoms with van der Waals surface area (Å²) in [7, 11) is 0. The summed E-state index contributed by atoms with van der Waals surface area (Å²) in [4.78, 5) is 0. The molecule has 19 heavy (non-hydrogen) atoms. The number of halogens is 1. The Morgan fingerprint density at radius 1 is 1.11 bits per heavy atom. The summed E-state index contributed by atoms with van der Waals surface area (Å²) in [6, 6.07) is 16.1. The smallest absolute Gasteiger partial charge is 0.126 e. The third-order valence-corrected chi connectivity index (χ3v) is 3.73.